The fourth-order valence-electron chi connectivity index (χ4n) is 3.90. The van der Waals surface area contributed by atoms with E-state index in [9.17, 15) is 4.79 Å². The molecular formula is C25H26ClN3O3. The summed E-state index contributed by atoms with van der Waals surface area (Å²) in [5.74, 6) is -0.415. The van der Waals surface area contributed by atoms with Gasteiger partial charge in [-0.1, -0.05) is 35.9 Å². The summed E-state index contributed by atoms with van der Waals surface area (Å²) in [5.41, 5.74) is 3.13. The molecule has 6 nitrogen and oxygen atoms in total. The Labute approximate surface area is 193 Å². The third-order valence-corrected chi connectivity index (χ3v) is 5.83. The van der Waals surface area contributed by atoms with Crippen LogP contribution in [0.4, 0.5) is 0 Å². The van der Waals surface area contributed by atoms with Gasteiger partial charge in [0.25, 0.3) is 0 Å². The maximum Gasteiger partial charge on any atom is 0.356 e. The summed E-state index contributed by atoms with van der Waals surface area (Å²) >= 11 is 6.08. The molecule has 166 valence electrons. The van der Waals surface area contributed by atoms with E-state index in [0.717, 1.165) is 42.9 Å². The lowest BCUT2D eigenvalue weighted by Gasteiger charge is -2.33. The van der Waals surface area contributed by atoms with Crippen molar-refractivity contribution in [2.45, 2.75) is 31.6 Å². The maximum absolute atomic E-state index is 11.7. The quantitative estimate of drug-likeness (QED) is 0.486. The van der Waals surface area contributed by atoms with Gasteiger partial charge >= 0.3 is 5.97 Å². The molecule has 1 aliphatic heterocycles. The van der Waals surface area contributed by atoms with Crippen LogP contribution in [0.2, 0.25) is 5.02 Å². The minimum absolute atomic E-state index is 0.128. The zero-order valence-corrected chi connectivity index (χ0v) is 18.7. The van der Waals surface area contributed by atoms with E-state index < -0.39 is 5.97 Å². The van der Waals surface area contributed by atoms with Gasteiger partial charge in [0.1, 0.15) is 11.8 Å². The van der Waals surface area contributed by atoms with Crippen LogP contribution in [0.5, 0.6) is 0 Å². The molecule has 1 aliphatic rings. The van der Waals surface area contributed by atoms with Gasteiger partial charge in [0.2, 0.25) is 0 Å². The van der Waals surface area contributed by atoms with E-state index in [0.29, 0.717) is 17.3 Å². The molecule has 1 atom stereocenters. The molecule has 0 bridgehead atoms. The molecule has 0 spiro atoms. The second-order valence-electron chi connectivity index (χ2n) is 7.80. The number of aromatic nitrogens is 2. The van der Waals surface area contributed by atoms with E-state index in [2.05, 4.69) is 14.9 Å². The predicted molar refractivity (Wildman–Crippen MR) is 122 cm³/mol. The van der Waals surface area contributed by atoms with Gasteiger partial charge in [-0.25, -0.2) is 9.78 Å². The first-order valence-electron chi connectivity index (χ1n) is 10.7. The highest BCUT2D eigenvalue weighted by Crippen LogP contribution is 2.30. The largest absolute Gasteiger partial charge is 0.464 e. The predicted octanol–water partition coefficient (Wildman–Crippen LogP) is 4.69. The van der Waals surface area contributed by atoms with Gasteiger partial charge in [0.15, 0.2) is 0 Å². The molecule has 1 unspecified atom stereocenters. The smallest absolute Gasteiger partial charge is 0.356 e. The molecule has 0 saturated carbocycles. The van der Waals surface area contributed by atoms with Crippen molar-refractivity contribution in [1.82, 2.24) is 14.9 Å². The second kappa shape index (κ2) is 10.7. The lowest BCUT2D eigenvalue weighted by atomic mass is 10.0. The lowest BCUT2D eigenvalue weighted by Crippen LogP contribution is -2.37. The van der Waals surface area contributed by atoms with Crippen molar-refractivity contribution < 1.29 is 14.3 Å². The summed E-state index contributed by atoms with van der Waals surface area (Å²) in [6.07, 6.45) is 3.51. The monoisotopic (exact) mass is 451 g/mol. The standard InChI is InChI=1S/C25H26ClN3O3/c1-31-25(30)23-7-4-5-20(28-23)17-29-15-12-21(13-16-29)32-24(22-6-2-3-14-27-22)18-8-10-19(26)11-9-18/h2-11,14,21,24H,12-13,15-17H2,1H3. The minimum atomic E-state index is -0.415. The number of benzene rings is 1. The van der Waals surface area contributed by atoms with Gasteiger partial charge in [0.05, 0.1) is 24.6 Å². The SMILES string of the molecule is COC(=O)c1cccc(CN2CCC(OC(c3ccc(Cl)cc3)c3ccccn3)CC2)n1. The van der Waals surface area contributed by atoms with Gasteiger partial charge < -0.3 is 9.47 Å². The summed E-state index contributed by atoms with van der Waals surface area (Å²) in [4.78, 5) is 23.0. The fourth-order valence-corrected chi connectivity index (χ4v) is 4.02. The molecule has 2 aromatic heterocycles. The Morgan fingerprint density at radius 3 is 2.56 bits per heavy atom. The fraction of sp³-hybridized carbons (Fsp3) is 0.320. The number of hydrogen-bond donors (Lipinski definition) is 0. The summed E-state index contributed by atoms with van der Waals surface area (Å²) in [6.45, 7) is 2.48. The number of piperidine rings is 1. The Kier molecular flexibility index (Phi) is 7.47. The van der Waals surface area contributed by atoms with E-state index >= 15 is 0 Å². The average molecular weight is 452 g/mol. The Morgan fingerprint density at radius 1 is 1.09 bits per heavy atom. The number of methoxy groups -OCH3 is 1. The van der Waals surface area contributed by atoms with Crippen LogP contribution in [0.15, 0.2) is 66.9 Å². The molecule has 4 rings (SSSR count). The van der Waals surface area contributed by atoms with Crippen molar-refractivity contribution in [3.63, 3.8) is 0 Å². The first-order chi connectivity index (χ1) is 15.6. The van der Waals surface area contributed by atoms with Gasteiger partial charge in [-0.3, -0.25) is 9.88 Å². The zero-order valence-electron chi connectivity index (χ0n) is 18.0. The number of hydrogen-bond acceptors (Lipinski definition) is 6. The van der Waals surface area contributed by atoms with Crippen LogP contribution in [0.1, 0.15) is 46.4 Å². The van der Waals surface area contributed by atoms with Crippen LogP contribution in [-0.2, 0) is 16.0 Å². The van der Waals surface area contributed by atoms with Crippen molar-refractivity contribution in [3.05, 3.63) is 94.5 Å². The number of pyridine rings is 2. The van der Waals surface area contributed by atoms with E-state index in [-0.39, 0.29) is 12.2 Å². The van der Waals surface area contributed by atoms with Crippen molar-refractivity contribution in [2.24, 2.45) is 0 Å². The molecule has 1 fully saturated rings. The van der Waals surface area contributed by atoms with E-state index in [1.54, 1.807) is 12.3 Å². The number of carbonyl (C=O) groups excluding carboxylic acids is 1. The highest BCUT2D eigenvalue weighted by Gasteiger charge is 2.25. The molecule has 0 amide bonds. The van der Waals surface area contributed by atoms with Crippen molar-refractivity contribution in [3.8, 4) is 0 Å². The Hall–Kier alpha value is -2.80. The zero-order chi connectivity index (χ0) is 22.3. The summed E-state index contributed by atoms with van der Waals surface area (Å²) < 4.78 is 11.3. The van der Waals surface area contributed by atoms with Crippen LogP contribution in [0, 0.1) is 0 Å². The third kappa shape index (κ3) is 5.71. The highest BCUT2D eigenvalue weighted by molar-refractivity contribution is 6.30. The number of esters is 1. The number of nitrogens with zero attached hydrogens (tertiary/aromatic N) is 3. The molecule has 7 heteroatoms. The Balaban J connectivity index is 1.38. The van der Waals surface area contributed by atoms with E-state index in [1.165, 1.54) is 7.11 Å². The number of rotatable bonds is 7. The second-order valence-corrected chi connectivity index (χ2v) is 8.24. The highest BCUT2D eigenvalue weighted by atomic mass is 35.5. The van der Waals surface area contributed by atoms with Crippen molar-refractivity contribution in [1.29, 1.82) is 0 Å². The summed E-state index contributed by atoms with van der Waals surface area (Å²) in [5, 5.41) is 0.701. The minimum Gasteiger partial charge on any atom is -0.464 e. The van der Waals surface area contributed by atoms with E-state index in [4.69, 9.17) is 21.1 Å². The number of ether oxygens (including phenoxy) is 2. The first-order valence-corrected chi connectivity index (χ1v) is 11.1. The molecule has 1 aromatic carbocycles. The van der Waals surface area contributed by atoms with Gasteiger partial charge in [-0.2, -0.15) is 0 Å². The average Bonchev–Trinajstić information content (AvgIpc) is 2.84. The Bertz CT molecular complexity index is 1020. The van der Waals surface area contributed by atoms with Crippen LogP contribution in [-0.4, -0.2) is 47.1 Å². The number of halogens is 1. The molecule has 32 heavy (non-hydrogen) atoms. The van der Waals surface area contributed by atoms with Crippen molar-refractivity contribution >= 4 is 17.6 Å². The van der Waals surface area contributed by atoms with Crippen LogP contribution >= 0.6 is 11.6 Å². The summed E-state index contributed by atoms with van der Waals surface area (Å²) in [6, 6.07) is 19.1. The molecule has 0 N–H and O–H groups in total. The molecule has 0 radical (unpaired) electrons. The molecule has 3 heterocycles. The van der Waals surface area contributed by atoms with E-state index in [1.807, 2.05) is 54.6 Å². The van der Waals surface area contributed by atoms with Crippen LogP contribution in [0.25, 0.3) is 0 Å². The first kappa shape index (κ1) is 22.4. The Morgan fingerprint density at radius 2 is 1.88 bits per heavy atom. The van der Waals surface area contributed by atoms with Gasteiger partial charge in [0, 0.05) is 30.9 Å². The number of likely N-dealkylation sites (tertiary alicyclic amines) is 1. The van der Waals surface area contributed by atoms with Gasteiger partial charge in [-0.15, -0.1) is 0 Å². The molecular weight excluding hydrogens is 426 g/mol. The van der Waals surface area contributed by atoms with Crippen molar-refractivity contribution in [2.75, 3.05) is 20.2 Å². The number of carbonyl (C=O) groups is 1. The van der Waals surface area contributed by atoms with Crippen LogP contribution < -0.4 is 0 Å². The maximum atomic E-state index is 11.7. The van der Waals surface area contributed by atoms with Crippen LogP contribution in [0.3, 0.4) is 0 Å². The molecule has 1 saturated heterocycles. The van der Waals surface area contributed by atoms with Gasteiger partial charge in [-0.05, 0) is 54.8 Å². The normalized spacial score (nSPS) is 15.9. The third-order valence-electron chi connectivity index (χ3n) is 5.58. The molecule has 3 aromatic rings. The molecule has 0 aliphatic carbocycles. The summed E-state index contributed by atoms with van der Waals surface area (Å²) in [7, 11) is 1.36. The topological polar surface area (TPSA) is 64.5 Å². The lowest BCUT2D eigenvalue weighted by molar-refractivity contribution is -0.0298.